The molecule has 0 heterocycles. The van der Waals surface area contributed by atoms with Crippen LogP contribution in [0.5, 0.6) is 0 Å². The SMILES string of the molecule is N#CCC(=O)CC(=O)NC(c1ccccc1)C(F)(F)F. The van der Waals surface area contributed by atoms with Crippen molar-refractivity contribution in [2.75, 3.05) is 0 Å². The maximum Gasteiger partial charge on any atom is 0.412 e. The lowest BCUT2D eigenvalue weighted by Crippen LogP contribution is -2.38. The number of nitriles is 1. The topological polar surface area (TPSA) is 70.0 Å². The molecule has 0 radical (unpaired) electrons. The molecule has 0 aromatic heterocycles. The van der Waals surface area contributed by atoms with E-state index in [0.29, 0.717) is 0 Å². The van der Waals surface area contributed by atoms with Crippen LogP contribution >= 0.6 is 0 Å². The van der Waals surface area contributed by atoms with E-state index in [4.69, 9.17) is 5.26 Å². The Morgan fingerprint density at radius 1 is 1.25 bits per heavy atom. The maximum atomic E-state index is 12.9. The van der Waals surface area contributed by atoms with Crippen molar-refractivity contribution in [3.8, 4) is 6.07 Å². The van der Waals surface area contributed by atoms with Crippen molar-refractivity contribution >= 4 is 11.7 Å². The zero-order valence-corrected chi connectivity index (χ0v) is 10.3. The summed E-state index contributed by atoms with van der Waals surface area (Å²) in [7, 11) is 0. The van der Waals surface area contributed by atoms with Crippen molar-refractivity contribution in [3.05, 3.63) is 35.9 Å². The number of halogens is 3. The van der Waals surface area contributed by atoms with Crippen molar-refractivity contribution in [3.63, 3.8) is 0 Å². The highest BCUT2D eigenvalue weighted by Crippen LogP contribution is 2.32. The molecule has 1 aromatic carbocycles. The predicted molar refractivity (Wildman–Crippen MR) is 63.2 cm³/mol. The van der Waals surface area contributed by atoms with E-state index in [9.17, 15) is 22.8 Å². The summed E-state index contributed by atoms with van der Waals surface area (Å²) >= 11 is 0. The number of Topliss-reactive ketones (excluding diaryl/α,β-unsaturated/α-hetero) is 1. The van der Waals surface area contributed by atoms with Crippen LogP contribution in [0, 0.1) is 11.3 Å². The van der Waals surface area contributed by atoms with Gasteiger partial charge in [-0.15, -0.1) is 0 Å². The molecule has 0 spiro atoms. The molecular weight excluding hydrogens is 273 g/mol. The van der Waals surface area contributed by atoms with Crippen LogP contribution in [-0.2, 0) is 9.59 Å². The Morgan fingerprint density at radius 3 is 2.35 bits per heavy atom. The van der Waals surface area contributed by atoms with Gasteiger partial charge >= 0.3 is 6.18 Å². The smallest absolute Gasteiger partial charge is 0.340 e. The summed E-state index contributed by atoms with van der Waals surface area (Å²) in [6.07, 6.45) is -5.92. The fraction of sp³-hybridized carbons (Fsp3) is 0.308. The van der Waals surface area contributed by atoms with E-state index < -0.39 is 36.8 Å². The number of rotatable bonds is 5. The molecule has 0 bridgehead atoms. The van der Waals surface area contributed by atoms with E-state index >= 15 is 0 Å². The Morgan fingerprint density at radius 2 is 1.85 bits per heavy atom. The largest absolute Gasteiger partial charge is 0.412 e. The zero-order chi connectivity index (χ0) is 15.2. The summed E-state index contributed by atoms with van der Waals surface area (Å²) in [6.45, 7) is 0. The molecule has 0 fully saturated rings. The molecule has 4 nitrogen and oxygen atoms in total. The van der Waals surface area contributed by atoms with Crippen LogP contribution in [0.2, 0.25) is 0 Å². The van der Waals surface area contributed by atoms with E-state index in [2.05, 4.69) is 0 Å². The van der Waals surface area contributed by atoms with Gasteiger partial charge in [0.25, 0.3) is 0 Å². The summed E-state index contributed by atoms with van der Waals surface area (Å²) < 4.78 is 38.7. The molecule has 0 saturated carbocycles. The number of hydrogen-bond acceptors (Lipinski definition) is 3. The average Bonchev–Trinajstić information content (AvgIpc) is 2.36. The molecule has 1 atom stereocenters. The molecule has 0 aliphatic heterocycles. The normalized spacial score (nSPS) is 12.3. The fourth-order valence-corrected chi connectivity index (χ4v) is 1.54. The maximum absolute atomic E-state index is 12.9. The van der Waals surface area contributed by atoms with Gasteiger partial charge in [-0.05, 0) is 5.56 Å². The van der Waals surface area contributed by atoms with Gasteiger partial charge in [-0.25, -0.2) is 0 Å². The van der Waals surface area contributed by atoms with Crippen molar-refractivity contribution in [2.24, 2.45) is 0 Å². The standard InChI is InChI=1S/C13H11F3N2O2/c14-13(15,16)12(9-4-2-1-3-5-9)18-11(20)8-10(19)6-7-17/h1-5,12H,6,8H2,(H,18,20). The molecule has 0 aliphatic carbocycles. The highest BCUT2D eigenvalue weighted by molar-refractivity contribution is 5.98. The number of benzene rings is 1. The molecule has 106 valence electrons. The molecule has 1 unspecified atom stereocenters. The first kappa shape index (κ1) is 15.7. The molecule has 1 N–H and O–H groups in total. The minimum atomic E-state index is -4.67. The highest BCUT2D eigenvalue weighted by Gasteiger charge is 2.41. The lowest BCUT2D eigenvalue weighted by Gasteiger charge is -2.21. The summed E-state index contributed by atoms with van der Waals surface area (Å²) in [4.78, 5) is 22.5. The third kappa shape index (κ3) is 4.72. The van der Waals surface area contributed by atoms with E-state index in [1.807, 2.05) is 0 Å². The fourth-order valence-electron chi connectivity index (χ4n) is 1.54. The molecular formula is C13H11F3N2O2. The van der Waals surface area contributed by atoms with E-state index in [1.54, 1.807) is 11.4 Å². The van der Waals surface area contributed by atoms with Crippen LogP contribution < -0.4 is 5.32 Å². The molecule has 20 heavy (non-hydrogen) atoms. The quantitative estimate of drug-likeness (QED) is 0.843. The Balaban J connectivity index is 2.80. The summed E-state index contributed by atoms with van der Waals surface area (Å²) in [5, 5.41) is 10.0. The first-order chi connectivity index (χ1) is 9.34. The van der Waals surface area contributed by atoms with E-state index in [1.165, 1.54) is 30.3 Å². The van der Waals surface area contributed by atoms with Gasteiger partial charge in [-0.2, -0.15) is 18.4 Å². The van der Waals surface area contributed by atoms with Crippen LogP contribution in [0.25, 0.3) is 0 Å². The van der Waals surface area contributed by atoms with Gasteiger partial charge in [0.05, 0.1) is 18.9 Å². The van der Waals surface area contributed by atoms with Crippen LogP contribution in [0.1, 0.15) is 24.4 Å². The van der Waals surface area contributed by atoms with Gasteiger partial charge < -0.3 is 5.32 Å². The third-order valence-corrected chi connectivity index (χ3v) is 2.40. The Labute approximate surface area is 113 Å². The second-order valence-electron chi connectivity index (χ2n) is 4.00. The van der Waals surface area contributed by atoms with E-state index in [0.717, 1.165) is 0 Å². The van der Waals surface area contributed by atoms with Crippen molar-refractivity contribution in [2.45, 2.75) is 25.1 Å². The predicted octanol–water partition coefficient (Wildman–Crippen LogP) is 2.28. The number of nitrogens with zero attached hydrogens (tertiary/aromatic N) is 1. The lowest BCUT2D eigenvalue weighted by atomic mass is 10.1. The van der Waals surface area contributed by atoms with Crippen molar-refractivity contribution in [1.82, 2.24) is 5.32 Å². The first-order valence-electron chi connectivity index (χ1n) is 5.64. The molecule has 1 aromatic rings. The zero-order valence-electron chi connectivity index (χ0n) is 10.3. The lowest BCUT2D eigenvalue weighted by molar-refractivity contribution is -0.163. The second kappa shape index (κ2) is 6.70. The average molecular weight is 284 g/mol. The Kier molecular flexibility index (Phi) is 5.26. The summed E-state index contributed by atoms with van der Waals surface area (Å²) in [6, 6.07) is 6.21. The van der Waals surface area contributed by atoms with E-state index in [-0.39, 0.29) is 5.56 Å². The Hall–Kier alpha value is -2.36. The third-order valence-electron chi connectivity index (χ3n) is 2.40. The van der Waals surface area contributed by atoms with Crippen LogP contribution in [-0.4, -0.2) is 17.9 Å². The van der Waals surface area contributed by atoms with Gasteiger partial charge in [-0.1, -0.05) is 30.3 Å². The molecule has 1 rings (SSSR count). The Bertz CT molecular complexity index is 521. The molecule has 0 aliphatic rings. The molecule has 1 amide bonds. The summed E-state index contributed by atoms with van der Waals surface area (Å²) in [5.74, 6) is -1.78. The number of alkyl halides is 3. The first-order valence-corrected chi connectivity index (χ1v) is 5.64. The van der Waals surface area contributed by atoms with Gasteiger partial charge in [-0.3, -0.25) is 9.59 Å². The number of amides is 1. The van der Waals surface area contributed by atoms with Gasteiger partial charge in [0, 0.05) is 0 Å². The molecule has 7 heteroatoms. The number of carbonyl (C=O) groups excluding carboxylic acids is 2. The number of ketones is 1. The van der Waals surface area contributed by atoms with Gasteiger partial charge in [0.1, 0.15) is 0 Å². The number of nitrogens with one attached hydrogen (secondary N) is 1. The van der Waals surface area contributed by atoms with Crippen LogP contribution in [0.3, 0.4) is 0 Å². The van der Waals surface area contributed by atoms with Crippen LogP contribution in [0.4, 0.5) is 13.2 Å². The summed E-state index contributed by atoms with van der Waals surface area (Å²) in [5.41, 5.74) is -0.124. The minimum Gasteiger partial charge on any atom is -0.340 e. The van der Waals surface area contributed by atoms with Crippen molar-refractivity contribution < 1.29 is 22.8 Å². The van der Waals surface area contributed by atoms with Gasteiger partial charge in [0.2, 0.25) is 5.91 Å². The monoisotopic (exact) mass is 284 g/mol. The number of carbonyl (C=O) groups is 2. The minimum absolute atomic E-state index is 0.124. The van der Waals surface area contributed by atoms with Crippen molar-refractivity contribution in [1.29, 1.82) is 5.26 Å². The highest BCUT2D eigenvalue weighted by atomic mass is 19.4. The number of hydrogen-bond donors (Lipinski definition) is 1. The van der Waals surface area contributed by atoms with Gasteiger partial charge in [0.15, 0.2) is 11.8 Å². The van der Waals surface area contributed by atoms with Crippen LogP contribution in [0.15, 0.2) is 30.3 Å². The molecule has 0 saturated heterocycles. The second-order valence-corrected chi connectivity index (χ2v) is 4.00.